The van der Waals surface area contributed by atoms with Crippen LogP contribution in [0.2, 0.25) is 0 Å². The van der Waals surface area contributed by atoms with Gasteiger partial charge in [-0.25, -0.2) is 0 Å². The number of ketones is 1. The highest BCUT2D eigenvalue weighted by Crippen LogP contribution is 2.38. The molecule has 0 aromatic heterocycles. The molecule has 310 valence electrons. The highest BCUT2D eigenvalue weighted by atomic mass is 31.2. The summed E-state index contributed by atoms with van der Waals surface area (Å²) < 4.78 is 33.7. The van der Waals surface area contributed by atoms with Gasteiger partial charge in [-0.1, -0.05) is 141 Å². The summed E-state index contributed by atoms with van der Waals surface area (Å²) in [5.41, 5.74) is 0. The summed E-state index contributed by atoms with van der Waals surface area (Å²) in [6, 6.07) is 0. The van der Waals surface area contributed by atoms with Crippen LogP contribution in [-0.4, -0.2) is 75.8 Å². The number of hydrogen-bond donors (Lipinski definition) is 0. The van der Waals surface area contributed by atoms with Crippen LogP contribution in [0, 0.1) is 0 Å². The van der Waals surface area contributed by atoms with E-state index in [1.54, 1.807) is 6.08 Å². The van der Waals surface area contributed by atoms with Crippen molar-refractivity contribution in [3.63, 3.8) is 0 Å². The van der Waals surface area contributed by atoms with Gasteiger partial charge in [0, 0.05) is 19.3 Å². The molecule has 2 atom stereocenters. The second kappa shape index (κ2) is 34.6. The fourth-order valence-electron chi connectivity index (χ4n) is 5.58. The van der Waals surface area contributed by atoms with E-state index in [4.69, 9.17) is 18.5 Å². The van der Waals surface area contributed by atoms with Crippen LogP contribution in [0.5, 0.6) is 0 Å². The van der Waals surface area contributed by atoms with E-state index in [1.807, 2.05) is 33.3 Å². The molecule has 0 amide bonds. The molecule has 0 N–H and O–H groups in total. The second-order valence-electron chi connectivity index (χ2n) is 15.4. The molecular weight excluding hydrogens is 693 g/mol. The molecule has 0 rings (SSSR count). The number of nitrogens with zero attached hydrogens (tertiary/aromatic N) is 1. The minimum absolute atomic E-state index is 0.0513. The maximum atomic E-state index is 12.6. The summed E-state index contributed by atoms with van der Waals surface area (Å²) in [4.78, 5) is 49.5. The molecule has 0 aliphatic carbocycles. The number of rotatable bonds is 38. The summed E-state index contributed by atoms with van der Waals surface area (Å²) in [5.74, 6) is -0.807. The van der Waals surface area contributed by atoms with Crippen molar-refractivity contribution < 1.29 is 46.8 Å². The van der Waals surface area contributed by atoms with E-state index in [0.717, 1.165) is 44.9 Å². The molecule has 11 heteroatoms. The van der Waals surface area contributed by atoms with Gasteiger partial charge in [-0.3, -0.25) is 18.9 Å². The molecule has 0 aliphatic heterocycles. The number of likely N-dealkylation sites (N-methyl/N-ethyl adjacent to an activating group) is 1. The number of esters is 2. The molecule has 0 radical (unpaired) electrons. The Morgan fingerprint density at radius 2 is 1.11 bits per heavy atom. The Bertz CT molecular complexity index is 1020. The van der Waals surface area contributed by atoms with Gasteiger partial charge in [-0.15, -0.1) is 0 Å². The van der Waals surface area contributed by atoms with Crippen LogP contribution >= 0.6 is 7.82 Å². The summed E-state index contributed by atoms with van der Waals surface area (Å²) in [6.45, 7) is 4.03. The molecule has 1 unspecified atom stereocenters. The Kier molecular flexibility index (Phi) is 33.4. The average molecular weight is 772 g/mol. The van der Waals surface area contributed by atoms with Crippen molar-refractivity contribution in [2.24, 2.45) is 0 Å². The summed E-state index contributed by atoms with van der Waals surface area (Å²) in [5, 5.41) is 0. The number of carbonyl (C=O) groups excluding carboxylic acids is 3. The standard InChI is InChI=1S/C42H78NO9P/c1-6-8-10-12-14-15-16-17-18-19-21-25-29-33-41(45)49-37-40(38-51-53(47,48)50-36-35-43(3,4)5)52-42(46)34-30-26-22-24-28-32-39(44)31-27-23-20-13-11-9-7-2/h20,23,27,31,40H,6-19,21-22,24-26,28-30,32-38H2,1-5H3/b23-20-,31-27+/t40-/m1/s1. The maximum Gasteiger partial charge on any atom is 0.306 e. The molecule has 53 heavy (non-hydrogen) atoms. The summed E-state index contributed by atoms with van der Waals surface area (Å²) in [6.07, 6.45) is 31.6. The van der Waals surface area contributed by atoms with E-state index in [1.165, 1.54) is 83.5 Å². The third-order valence-electron chi connectivity index (χ3n) is 8.95. The van der Waals surface area contributed by atoms with E-state index in [9.17, 15) is 23.8 Å². The highest BCUT2D eigenvalue weighted by Gasteiger charge is 2.21. The Morgan fingerprint density at radius 3 is 1.66 bits per heavy atom. The van der Waals surface area contributed by atoms with Crippen LogP contribution in [0.3, 0.4) is 0 Å². The van der Waals surface area contributed by atoms with E-state index in [-0.39, 0.29) is 31.8 Å². The molecule has 0 saturated carbocycles. The zero-order valence-electron chi connectivity index (χ0n) is 34.5. The summed E-state index contributed by atoms with van der Waals surface area (Å²) >= 11 is 0. The van der Waals surface area contributed by atoms with Gasteiger partial charge >= 0.3 is 11.9 Å². The first-order valence-electron chi connectivity index (χ1n) is 21.0. The van der Waals surface area contributed by atoms with Gasteiger partial charge in [-0.05, 0) is 38.2 Å². The number of allylic oxidation sites excluding steroid dienone is 4. The fourth-order valence-corrected chi connectivity index (χ4v) is 6.31. The molecule has 0 fully saturated rings. The molecule has 0 spiro atoms. The minimum atomic E-state index is -4.65. The quantitative estimate of drug-likeness (QED) is 0.0150. The third kappa shape index (κ3) is 38.2. The monoisotopic (exact) mass is 772 g/mol. The number of unbranched alkanes of at least 4 members (excludes halogenated alkanes) is 19. The van der Waals surface area contributed by atoms with Gasteiger partial charge in [0.2, 0.25) is 0 Å². The van der Waals surface area contributed by atoms with Crippen LogP contribution in [0.4, 0.5) is 0 Å². The number of carbonyl (C=O) groups is 3. The van der Waals surface area contributed by atoms with Crippen LogP contribution in [0.15, 0.2) is 24.3 Å². The minimum Gasteiger partial charge on any atom is -0.756 e. The van der Waals surface area contributed by atoms with Crippen LogP contribution in [-0.2, 0) is 37.5 Å². The molecule has 0 aliphatic rings. The first-order chi connectivity index (χ1) is 25.4. The van der Waals surface area contributed by atoms with Crippen molar-refractivity contribution in [2.75, 3.05) is 47.5 Å². The molecule has 0 aromatic carbocycles. The third-order valence-corrected chi connectivity index (χ3v) is 9.91. The Morgan fingerprint density at radius 1 is 0.623 bits per heavy atom. The number of phosphoric ester groups is 1. The molecule has 0 aromatic rings. The van der Waals surface area contributed by atoms with E-state index < -0.39 is 32.5 Å². The second-order valence-corrected chi connectivity index (χ2v) is 16.8. The van der Waals surface area contributed by atoms with Crippen LogP contribution in [0.25, 0.3) is 0 Å². The molecule has 0 bridgehead atoms. The van der Waals surface area contributed by atoms with Crippen molar-refractivity contribution in [2.45, 2.75) is 180 Å². The normalized spacial score (nSPS) is 13.8. The predicted molar refractivity (Wildman–Crippen MR) is 213 cm³/mol. The number of quaternary nitrogens is 1. The van der Waals surface area contributed by atoms with Gasteiger partial charge < -0.3 is 27.9 Å². The predicted octanol–water partition coefficient (Wildman–Crippen LogP) is 10.1. The highest BCUT2D eigenvalue weighted by molar-refractivity contribution is 7.45. The average Bonchev–Trinajstić information content (AvgIpc) is 3.10. The van der Waals surface area contributed by atoms with Gasteiger partial charge in [0.05, 0.1) is 27.7 Å². The van der Waals surface area contributed by atoms with E-state index in [2.05, 4.69) is 19.9 Å². The van der Waals surface area contributed by atoms with Crippen LogP contribution < -0.4 is 4.89 Å². The molecule has 0 saturated heterocycles. The smallest absolute Gasteiger partial charge is 0.306 e. The first-order valence-corrected chi connectivity index (χ1v) is 22.5. The number of hydrogen-bond acceptors (Lipinski definition) is 9. The van der Waals surface area contributed by atoms with Crippen molar-refractivity contribution in [3.8, 4) is 0 Å². The first kappa shape index (κ1) is 51.2. The van der Waals surface area contributed by atoms with Gasteiger partial charge in [0.25, 0.3) is 7.82 Å². The van der Waals surface area contributed by atoms with Crippen molar-refractivity contribution in [1.29, 1.82) is 0 Å². The van der Waals surface area contributed by atoms with Crippen molar-refractivity contribution in [1.82, 2.24) is 0 Å². The van der Waals surface area contributed by atoms with E-state index >= 15 is 0 Å². The Hall–Kier alpha value is -1.84. The SMILES string of the molecule is CCCCC/C=C\C=C\C(=O)CCCCCCCC(=O)O[C@H](COC(=O)CCCCCCCCCCCCCCC)COP(=O)([O-])OCC[N+](C)(C)C. The van der Waals surface area contributed by atoms with Crippen LogP contribution in [0.1, 0.15) is 174 Å². The zero-order chi connectivity index (χ0) is 39.5. The van der Waals surface area contributed by atoms with Gasteiger partial charge in [0.15, 0.2) is 11.9 Å². The lowest BCUT2D eigenvalue weighted by atomic mass is 10.0. The fraction of sp³-hybridized carbons (Fsp3) is 0.833. The lowest BCUT2D eigenvalue weighted by Crippen LogP contribution is -2.37. The van der Waals surface area contributed by atoms with Gasteiger partial charge in [0.1, 0.15) is 19.8 Å². The number of ether oxygens (including phenoxy) is 2. The van der Waals surface area contributed by atoms with Crippen molar-refractivity contribution in [3.05, 3.63) is 24.3 Å². The molecule has 10 nitrogen and oxygen atoms in total. The zero-order valence-corrected chi connectivity index (χ0v) is 35.4. The molecule has 0 heterocycles. The Balaban J connectivity index is 4.47. The number of phosphoric acid groups is 1. The topological polar surface area (TPSA) is 128 Å². The summed E-state index contributed by atoms with van der Waals surface area (Å²) in [7, 11) is 1.09. The maximum absolute atomic E-state index is 12.6. The Labute approximate surface area is 324 Å². The largest absolute Gasteiger partial charge is 0.756 e. The van der Waals surface area contributed by atoms with Gasteiger partial charge in [-0.2, -0.15) is 0 Å². The van der Waals surface area contributed by atoms with Crippen molar-refractivity contribution >= 4 is 25.5 Å². The lowest BCUT2D eigenvalue weighted by Gasteiger charge is -2.28. The lowest BCUT2D eigenvalue weighted by molar-refractivity contribution is -0.870. The molecular formula is C42H78NO9P. The van der Waals surface area contributed by atoms with E-state index in [0.29, 0.717) is 30.3 Å².